The van der Waals surface area contributed by atoms with Gasteiger partial charge in [0.1, 0.15) is 0 Å². The Kier molecular flexibility index (Phi) is 7.46. The highest BCUT2D eigenvalue weighted by Crippen LogP contribution is 1.91. The Morgan fingerprint density at radius 2 is 2.55 bits per heavy atom. The van der Waals surface area contributed by atoms with Gasteiger partial charge in [0.15, 0.2) is 0 Å². The van der Waals surface area contributed by atoms with Gasteiger partial charge in [-0.25, -0.2) is 0 Å². The fourth-order valence-electron chi connectivity index (χ4n) is 0.640. The van der Waals surface area contributed by atoms with Crippen LogP contribution in [-0.4, -0.2) is 33.1 Å². The van der Waals surface area contributed by atoms with E-state index in [0.29, 0.717) is 12.7 Å². The second kappa shape index (κ2) is 7.72. The van der Waals surface area contributed by atoms with Crippen LogP contribution >= 0.6 is 0 Å². The lowest BCUT2D eigenvalue weighted by atomic mass is 10.4. The second-order valence-corrected chi connectivity index (χ2v) is 2.32. The molecule has 1 saturated heterocycles. The molecule has 3 nitrogen and oxygen atoms in total. The molecule has 0 amide bonds. The minimum atomic E-state index is 0.435. The molecule has 0 saturated carbocycles. The molecule has 1 N–H and O–H groups in total. The summed E-state index contributed by atoms with van der Waals surface area (Å²) >= 11 is 0. The van der Waals surface area contributed by atoms with Gasteiger partial charge in [0.05, 0.1) is 19.4 Å². The lowest BCUT2D eigenvalue weighted by molar-refractivity contribution is 0.127. The number of nitrogens with one attached hydrogen (secondary N) is 1. The number of methoxy groups -OCH3 is 1. The Morgan fingerprint density at radius 1 is 1.82 bits per heavy atom. The summed E-state index contributed by atoms with van der Waals surface area (Å²) in [6.07, 6.45) is 2.14. The average Bonchev–Trinajstić information content (AvgIpc) is 2.43. The molecule has 0 spiro atoms. The van der Waals surface area contributed by atoms with Crippen LogP contribution in [0.25, 0.3) is 0 Å². The molecule has 11 heavy (non-hydrogen) atoms. The van der Waals surface area contributed by atoms with Gasteiger partial charge in [0.2, 0.25) is 0 Å². The monoisotopic (exact) mass is 159 g/mol. The van der Waals surface area contributed by atoms with Gasteiger partial charge in [-0.3, -0.25) is 5.32 Å². The van der Waals surface area contributed by atoms with Crippen molar-refractivity contribution in [3.8, 4) is 0 Å². The van der Waals surface area contributed by atoms with Crippen molar-refractivity contribution in [1.29, 1.82) is 0 Å². The summed E-state index contributed by atoms with van der Waals surface area (Å²) in [5.41, 5.74) is 0. The highest BCUT2D eigenvalue weighted by Gasteiger charge is 2.05. The molecule has 1 aliphatic rings. The van der Waals surface area contributed by atoms with Gasteiger partial charge in [0.25, 0.3) is 0 Å². The molecule has 0 bridgehead atoms. The lowest BCUT2D eigenvalue weighted by Gasteiger charge is -1.92. The molecule has 0 aliphatic carbocycles. The van der Waals surface area contributed by atoms with E-state index in [4.69, 9.17) is 4.74 Å². The largest absolute Gasteiger partial charge is 0.381 e. The highest BCUT2D eigenvalue weighted by atomic mass is 16.5. The van der Waals surface area contributed by atoms with E-state index in [-0.39, 0.29) is 0 Å². The van der Waals surface area contributed by atoms with Crippen molar-refractivity contribution in [1.82, 2.24) is 5.32 Å². The standard InChI is InChI=1S/C4H9NO.C4H8O/c1-4-2-5-3-6-4;1-3-4-5-2/h4-5H,2-3H2,1H3;3H,1,4H2,2H3. The summed E-state index contributed by atoms with van der Waals surface area (Å²) in [6.45, 7) is 7.88. The van der Waals surface area contributed by atoms with Gasteiger partial charge in [-0.15, -0.1) is 6.58 Å². The number of hydrogen-bond acceptors (Lipinski definition) is 3. The van der Waals surface area contributed by atoms with Crippen molar-refractivity contribution in [2.45, 2.75) is 13.0 Å². The third-order valence-electron chi connectivity index (χ3n) is 1.19. The molecule has 0 aromatic heterocycles. The molecule has 0 aromatic carbocycles. The predicted octanol–water partition coefficient (Wildman–Crippen LogP) is 0.771. The Hall–Kier alpha value is -0.380. The zero-order chi connectivity index (χ0) is 8.53. The van der Waals surface area contributed by atoms with E-state index in [2.05, 4.69) is 23.6 Å². The molecule has 3 heteroatoms. The van der Waals surface area contributed by atoms with Crippen LogP contribution < -0.4 is 5.32 Å². The van der Waals surface area contributed by atoms with E-state index in [1.165, 1.54) is 0 Å². The Bertz CT molecular complexity index is 90.1. The maximum atomic E-state index is 5.04. The summed E-state index contributed by atoms with van der Waals surface area (Å²) < 4.78 is 9.61. The first-order valence-electron chi connectivity index (χ1n) is 3.73. The Balaban J connectivity index is 0.000000187. The van der Waals surface area contributed by atoms with E-state index < -0.39 is 0 Å². The maximum absolute atomic E-state index is 5.04. The molecule has 1 rings (SSSR count). The number of hydrogen-bond donors (Lipinski definition) is 1. The second-order valence-electron chi connectivity index (χ2n) is 2.32. The van der Waals surface area contributed by atoms with Crippen LogP contribution in [0.5, 0.6) is 0 Å². The van der Waals surface area contributed by atoms with Crippen LogP contribution in [0.2, 0.25) is 0 Å². The van der Waals surface area contributed by atoms with Gasteiger partial charge in [-0.2, -0.15) is 0 Å². The van der Waals surface area contributed by atoms with Crippen LogP contribution in [0.1, 0.15) is 6.92 Å². The van der Waals surface area contributed by atoms with Crippen LogP contribution in [0.4, 0.5) is 0 Å². The molecular formula is C8H17NO2. The van der Waals surface area contributed by atoms with Crippen molar-refractivity contribution < 1.29 is 9.47 Å². The smallest absolute Gasteiger partial charge is 0.0970 e. The van der Waals surface area contributed by atoms with E-state index in [1.54, 1.807) is 13.2 Å². The molecule has 1 unspecified atom stereocenters. The van der Waals surface area contributed by atoms with Gasteiger partial charge in [-0.05, 0) is 6.92 Å². The zero-order valence-electron chi connectivity index (χ0n) is 7.30. The van der Waals surface area contributed by atoms with Gasteiger partial charge in [-0.1, -0.05) is 6.08 Å². The SMILES string of the molecule is C=CCOC.CC1CNCO1. The minimum Gasteiger partial charge on any atom is -0.381 e. The summed E-state index contributed by atoms with van der Waals surface area (Å²) in [4.78, 5) is 0. The van der Waals surface area contributed by atoms with Crippen LogP contribution in [0.15, 0.2) is 12.7 Å². The van der Waals surface area contributed by atoms with Crippen molar-refractivity contribution in [2.75, 3.05) is 27.0 Å². The first-order chi connectivity index (χ1) is 5.31. The van der Waals surface area contributed by atoms with Crippen LogP contribution in [0.3, 0.4) is 0 Å². The van der Waals surface area contributed by atoms with E-state index in [0.717, 1.165) is 13.3 Å². The third kappa shape index (κ3) is 7.52. The van der Waals surface area contributed by atoms with Gasteiger partial charge >= 0.3 is 0 Å². The van der Waals surface area contributed by atoms with Gasteiger partial charge < -0.3 is 9.47 Å². The lowest BCUT2D eigenvalue weighted by Crippen LogP contribution is -2.09. The molecule has 0 radical (unpaired) electrons. The molecule has 1 fully saturated rings. The van der Waals surface area contributed by atoms with Crippen LogP contribution in [-0.2, 0) is 9.47 Å². The molecule has 66 valence electrons. The number of ether oxygens (including phenoxy) is 2. The quantitative estimate of drug-likeness (QED) is 0.604. The molecule has 1 atom stereocenters. The zero-order valence-corrected chi connectivity index (χ0v) is 7.30. The number of rotatable bonds is 2. The summed E-state index contributed by atoms with van der Waals surface area (Å²) in [7, 11) is 1.64. The Morgan fingerprint density at radius 3 is 2.64 bits per heavy atom. The molecule has 0 aromatic rings. The molecule has 1 aliphatic heterocycles. The highest BCUT2D eigenvalue weighted by molar-refractivity contribution is 4.62. The molecule has 1 heterocycles. The maximum Gasteiger partial charge on any atom is 0.0970 e. The van der Waals surface area contributed by atoms with E-state index in [1.807, 2.05) is 0 Å². The molecular weight excluding hydrogens is 142 g/mol. The first-order valence-corrected chi connectivity index (χ1v) is 3.73. The normalized spacial score (nSPS) is 22.2. The van der Waals surface area contributed by atoms with E-state index in [9.17, 15) is 0 Å². The van der Waals surface area contributed by atoms with Gasteiger partial charge in [0, 0.05) is 13.7 Å². The van der Waals surface area contributed by atoms with Crippen molar-refractivity contribution >= 4 is 0 Å². The van der Waals surface area contributed by atoms with Crippen molar-refractivity contribution in [2.24, 2.45) is 0 Å². The van der Waals surface area contributed by atoms with Crippen molar-refractivity contribution in [3.63, 3.8) is 0 Å². The fourth-order valence-corrected chi connectivity index (χ4v) is 0.640. The topological polar surface area (TPSA) is 30.5 Å². The minimum absolute atomic E-state index is 0.435. The van der Waals surface area contributed by atoms with E-state index >= 15 is 0 Å². The summed E-state index contributed by atoms with van der Waals surface area (Å²) in [5.74, 6) is 0. The average molecular weight is 159 g/mol. The fraction of sp³-hybridized carbons (Fsp3) is 0.750. The Labute approximate surface area is 68.4 Å². The third-order valence-corrected chi connectivity index (χ3v) is 1.19. The van der Waals surface area contributed by atoms with Crippen molar-refractivity contribution in [3.05, 3.63) is 12.7 Å². The summed E-state index contributed by atoms with van der Waals surface area (Å²) in [5, 5.41) is 3.05. The summed E-state index contributed by atoms with van der Waals surface area (Å²) in [6, 6.07) is 0. The predicted molar refractivity (Wildman–Crippen MR) is 45.5 cm³/mol. The first kappa shape index (κ1) is 10.6. The van der Waals surface area contributed by atoms with Crippen LogP contribution in [0, 0.1) is 0 Å².